The van der Waals surface area contributed by atoms with Crippen LogP contribution in [0.1, 0.15) is 52.0 Å². The molecule has 1 rings (SSSR count). The molecule has 0 saturated heterocycles. The Kier molecular flexibility index (Phi) is 8.70. The Bertz CT molecular complexity index is 519. The number of hydrogen-bond donors (Lipinski definition) is 1. The Morgan fingerprint density at radius 1 is 1.17 bits per heavy atom. The molecular weight excluding hydrogens is 312 g/mol. The van der Waals surface area contributed by atoms with E-state index in [4.69, 9.17) is 11.6 Å². The van der Waals surface area contributed by atoms with Crippen molar-refractivity contribution in [2.24, 2.45) is 0 Å². The van der Waals surface area contributed by atoms with E-state index in [1.54, 1.807) is 11.0 Å². The van der Waals surface area contributed by atoms with Crippen LogP contribution in [0.3, 0.4) is 0 Å². The number of nitrogens with one attached hydrogen (secondary N) is 1. The molecule has 0 aliphatic carbocycles. The molecule has 0 spiro atoms. The van der Waals surface area contributed by atoms with Gasteiger partial charge in [0, 0.05) is 24.5 Å². The number of benzene rings is 1. The Hall–Kier alpha value is -1.55. The van der Waals surface area contributed by atoms with E-state index in [2.05, 4.69) is 5.32 Å². The summed E-state index contributed by atoms with van der Waals surface area (Å²) in [7, 11) is 0. The fraction of sp³-hybridized carbons (Fsp3) is 0.556. The molecule has 1 atom stereocenters. The highest BCUT2D eigenvalue weighted by molar-refractivity contribution is 6.31. The normalized spacial score (nSPS) is 11.8. The average molecular weight is 339 g/mol. The highest BCUT2D eigenvalue weighted by Crippen LogP contribution is 2.20. The smallest absolute Gasteiger partial charge is 0.242 e. The van der Waals surface area contributed by atoms with E-state index < -0.39 is 6.04 Å². The van der Waals surface area contributed by atoms with E-state index in [9.17, 15) is 9.59 Å². The number of carbonyl (C=O) groups excluding carboxylic acids is 2. The van der Waals surface area contributed by atoms with Crippen LogP contribution in [-0.2, 0) is 16.1 Å². The summed E-state index contributed by atoms with van der Waals surface area (Å²) in [6, 6.07) is 6.98. The summed E-state index contributed by atoms with van der Waals surface area (Å²) in [5.74, 6) is -0.100. The quantitative estimate of drug-likeness (QED) is 0.745. The lowest BCUT2D eigenvalue weighted by atomic mass is 10.1. The van der Waals surface area contributed by atoms with Gasteiger partial charge in [-0.25, -0.2) is 0 Å². The molecule has 2 amide bonds. The fourth-order valence-electron chi connectivity index (χ4n) is 2.45. The van der Waals surface area contributed by atoms with E-state index >= 15 is 0 Å². The van der Waals surface area contributed by atoms with Gasteiger partial charge in [0.25, 0.3) is 0 Å². The molecule has 0 aliphatic heterocycles. The first kappa shape index (κ1) is 19.5. The molecule has 0 aromatic heterocycles. The largest absolute Gasteiger partial charge is 0.354 e. The highest BCUT2D eigenvalue weighted by Gasteiger charge is 2.28. The number of nitrogens with zero attached hydrogens (tertiary/aromatic N) is 1. The van der Waals surface area contributed by atoms with Crippen LogP contribution in [0, 0.1) is 0 Å². The molecule has 0 aliphatic rings. The van der Waals surface area contributed by atoms with Crippen LogP contribution in [0.4, 0.5) is 0 Å². The first-order valence-electron chi connectivity index (χ1n) is 8.35. The van der Waals surface area contributed by atoms with E-state index in [1.807, 2.05) is 39.0 Å². The summed E-state index contributed by atoms with van der Waals surface area (Å²) in [5.41, 5.74) is 0.861. The standard InChI is InChI=1S/C18H27ClN2O2/c1-4-9-17(22)21(13-14-10-7-8-11-15(14)19)16(6-3)18(23)20-12-5-2/h7-8,10-11,16H,4-6,9,12-13H2,1-3H3,(H,20,23)/t16-/m0/s1. The van der Waals surface area contributed by atoms with Gasteiger partial charge in [-0.15, -0.1) is 0 Å². The van der Waals surface area contributed by atoms with Crippen molar-refractivity contribution in [2.45, 2.75) is 59.0 Å². The summed E-state index contributed by atoms with van der Waals surface area (Å²) in [6.07, 6.45) is 2.64. The average Bonchev–Trinajstić information content (AvgIpc) is 2.54. The third kappa shape index (κ3) is 5.87. The Morgan fingerprint density at radius 2 is 1.87 bits per heavy atom. The van der Waals surface area contributed by atoms with E-state index in [0.29, 0.717) is 31.0 Å². The van der Waals surface area contributed by atoms with Crippen LogP contribution in [0.15, 0.2) is 24.3 Å². The van der Waals surface area contributed by atoms with Gasteiger partial charge in [-0.1, -0.05) is 50.6 Å². The van der Waals surface area contributed by atoms with Crippen LogP contribution in [-0.4, -0.2) is 29.3 Å². The third-order valence-electron chi connectivity index (χ3n) is 3.70. The predicted molar refractivity (Wildman–Crippen MR) is 94.3 cm³/mol. The third-order valence-corrected chi connectivity index (χ3v) is 4.07. The van der Waals surface area contributed by atoms with Crippen LogP contribution in [0.5, 0.6) is 0 Å². The van der Waals surface area contributed by atoms with Crippen molar-refractivity contribution >= 4 is 23.4 Å². The molecule has 0 bridgehead atoms. The van der Waals surface area contributed by atoms with Gasteiger partial charge in [0.05, 0.1) is 0 Å². The first-order chi connectivity index (χ1) is 11.0. The number of rotatable bonds is 9. The van der Waals surface area contributed by atoms with Crippen LogP contribution in [0.25, 0.3) is 0 Å². The van der Waals surface area contributed by atoms with E-state index in [0.717, 1.165) is 18.4 Å². The van der Waals surface area contributed by atoms with Gasteiger partial charge in [-0.2, -0.15) is 0 Å². The molecule has 0 fully saturated rings. The Labute approximate surface area is 144 Å². The van der Waals surface area contributed by atoms with Crippen molar-refractivity contribution in [1.82, 2.24) is 10.2 Å². The van der Waals surface area contributed by atoms with Crippen molar-refractivity contribution in [3.8, 4) is 0 Å². The first-order valence-corrected chi connectivity index (χ1v) is 8.73. The molecule has 0 unspecified atom stereocenters. The molecule has 0 radical (unpaired) electrons. The summed E-state index contributed by atoms with van der Waals surface area (Å²) in [4.78, 5) is 26.6. The summed E-state index contributed by atoms with van der Waals surface area (Å²) >= 11 is 6.22. The Balaban J connectivity index is 3.00. The van der Waals surface area contributed by atoms with Gasteiger partial charge in [0.15, 0.2) is 0 Å². The summed E-state index contributed by atoms with van der Waals surface area (Å²) < 4.78 is 0. The zero-order valence-electron chi connectivity index (χ0n) is 14.3. The van der Waals surface area contributed by atoms with E-state index in [1.165, 1.54) is 0 Å². The van der Waals surface area contributed by atoms with Crippen molar-refractivity contribution in [3.05, 3.63) is 34.9 Å². The van der Waals surface area contributed by atoms with Gasteiger partial charge >= 0.3 is 0 Å². The maximum Gasteiger partial charge on any atom is 0.242 e. The number of carbonyl (C=O) groups is 2. The molecule has 1 aromatic rings. The second-order valence-corrected chi connectivity index (χ2v) is 5.99. The maximum atomic E-state index is 12.5. The van der Waals surface area contributed by atoms with Crippen LogP contribution < -0.4 is 5.32 Å². The van der Waals surface area contributed by atoms with Gasteiger partial charge in [-0.3, -0.25) is 9.59 Å². The van der Waals surface area contributed by atoms with Gasteiger partial charge in [-0.05, 0) is 30.9 Å². The Morgan fingerprint density at radius 3 is 2.43 bits per heavy atom. The number of amides is 2. The zero-order valence-corrected chi connectivity index (χ0v) is 15.0. The molecule has 4 nitrogen and oxygen atoms in total. The monoisotopic (exact) mass is 338 g/mol. The molecule has 128 valence electrons. The second kappa shape index (κ2) is 10.3. The molecule has 0 saturated carbocycles. The topological polar surface area (TPSA) is 49.4 Å². The zero-order chi connectivity index (χ0) is 17.2. The number of halogens is 1. The summed E-state index contributed by atoms with van der Waals surface area (Å²) in [6.45, 7) is 6.87. The predicted octanol–water partition coefficient (Wildman–Crippen LogP) is 3.77. The van der Waals surface area contributed by atoms with Crippen molar-refractivity contribution < 1.29 is 9.59 Å². The fourth-order valence-corrected chi connectivity index (χ4v) is 2.65. The molecular formula is C18H27ClN2O2. The van der Waals surface area contributed by atoms with Crippen LogP contribution in [0.2, 0.25) is 5.02 Å². The minimum atomic E-state index is -0.461. The lowest BCUT2D eigenvalue weighted by molar-refractivity contribution is -0.141. The lowest BCUT2D eigenvalue weighted by Gasteiger charge is -2.31. The van der Waals surface area contributed by atoms with Crippen LogP contribution >= 0.6 is 11.6 Å². The summed E-state index contributed by atoms with van der Waals surface area (Å²) in [5, 5.41) is 3.51. The van der Waals surface area contributed by atoms with Gasteiger partial charge < -0.3 is 10.2 Å². The highest BCUT2D eigenvalue weighted by atomic mass is 35.5. The molecule has 1 aromatic carbocycles. The van der Waals surface area contributed by atoms with Crippen molar-refractivity contribution in [3.63, 3.8) is 0 Å². The lowest BCUT2D eigenvalue weighted by Crippen LogP contribution is -2.49. The minimum absolute atomic E-state index is 0.00841. The molecule has 23 heavy (non-hydrogen) atoms. The molecule has 0 heterocycles. The minimum Gasteiger partial charge on any atom is -0.354 e. The van der Waals surface area contributed by atoms with Gasteiger partial charge in [0.2, 0.25) is 11.8 Å². The van der Waals surface area contributed by atoms with Gasteiger partial charge in [0.1, 0.15) is 6.04 Å². The van der Waals surface area contributed by atoms with Crippen molar-refractivity contribution in [2.75, 3.05) is 6.54 Å². The second-order valence-electron chi connectivity index (χ2n) is 5.58. The molecule has 1 N–H and O–H groups in total. The SMILES string of the molecule is CCCNC(=O)[C@H](CC)N(Cc1ccccc1Cl)C(=O)CCC. The molecule has 5 heteroatoms. The van der Waals surface area contributed by atoms with Crippen molar-refractivity contribution in [1.29, 1.82) is 0 Å². The number of hydrogen-bond acceptors (Lipinski definition) is 2. The maximum absolute atomic E-state index is 12.5. The van der Waals surface area contributed by atoms with E-state index in [-0.39, 0.29) is 11.8 Å².